The Balaban J connectivity index is 1.66. The Hall–Kier alpha value is -2.08. The van der Waals surface area contributed by atoms with Crippen LogP contribution in [0.15, 0.2) is 24.4 Å². The summed E-state index contributed by atoms with van der Waals surface area (Å²) in [6, 6.07) is 3.93. The molecule has 1 amide bonds. The maximum absolute atomic E-state index is 11.6. The van der Waals surface area contributed by atoms with Crippen molar-refractivity contribution < 1.29 is 19.4 Å². The van der Waals surface area contributed by atoms with Crippen LogP contribution in [0.3, 0.4) is 0 Å². The Morgan fingerprint density at radius 3 is 2.76 bits per heavy atom. The molecule has 1 aliphatic carbocycles. The molecule has 1 aliphatic heterocycles. The normalized spacial score (nSPS) is 23.4. The molecule has 6 nitrogen and oxygen atoms in total. The van der Waals surface area contributed by atoms with Gasteiger partial charge >= 0.3 is 6.09 Å². The van der Waals surface area contributed by atoms with Gasteiger partial charge in [0.25, 0.3) is 0 Å². The molecule has 3 rings (SSSR count). The molecule has 6 heteroatoms. The zero-order valence-corrected chi connectivity index (χ0v) is 15.1. The third-order valence-corrected chi connectivity index (χ3v) is 4.72. The average molecular weight is 346 g/mol. The Kier molecular flexibility index (Phi) is 4.99. The number of ether oxygens (including phenoxy) is 2. The van der Waals surface area contributed by atoms with Crippen molar-refractivity contribution in [2.24, 2.45) is 0 Å². The van der Waals surface area contributed by atoms with Gasteiger partial charge in [-0.1, -0.05) is 6.08 Å². The quantitative estimate of drug-likeness (QED) is 0.902. The van der Waals surface area contributed by atoms with E-state index in [1.807, 2.05) is 32.9 Å². The largest absolute Gasteiger partial charge is 0.474 e. The van der Waals surface area contributed by atoms with E-state index in [1.54, 1.807) is 6.20 Å². The molecule has 25 heavy (non-hydrogen) atoms. The smallest absolute Gasteiger partial charge is 0.407 e. The minimum Gasteiger partial charge on any atom is -0.474 e. The van der Waals surface area contributed by atoms with Gasteiger partial charge in [0, 0.05) is 36.2 Å². The van der Waals surface area contributed by atoms with Crippen LogP contribution in [0.2, 0.25) is 0 Å². The zero-order valence-electron chi connectivity index (χ0n) is 15.1. The van der Waals surface area contributed by atoms with E-state index in [1.165, 1.54) is 10.5 Å². The van der Waals surface area contributed by atoms with Crippen LogP contribution in [-0.2, 0) is 4.74 Å². The molecule has 0 bridgehead atoms. The van der Waals surface area contributed by atoms with Gasteiger partial charge in [0.2, 0.25) is 5.88 Å². The number of aromatic nitrogens is 1. The fourth-order valence-electron chi connectivity index (χ4n) is 3.49. The third kappa shape index (κ3) is 3.95. The fourth-order valence-corrected chi connectivity index (χ4v) is 3.49. The number of nitrogens with zero attached hydrogens (tertiary/aromatic N) is 2. The number of carbonyl (C=O) groups is 1. The average Bonchev–Trinajstić information content (AvgIpc) is 2.52. The lowest BCUT2D eigenvalue weighted by atomic mass is 9.85. The molecule has 1 saturated carbocycles. The predicted molar refractivity (Wildman–Crippen MR) is 94.7 cm³/mol. The second kappa shape index (κ2) is 7.04. The molecule has 0 saturated heterocycles. The standard InChI is InChI=1S/C19H26N2O4/c1-19(2,3)21(18(22)23)14-11-15(12-14)25-17-16(5-4-8-20-17)13-6-9-24-10-7-13/h4-6,8,14-15H,7,9-12H2,1-3H3,(H,22,23). The molecule has 1 fully saturated rings. The van der Waals surface area contributed by atoms with Crippen molar-refractivity contribution in [1.82, 2.24) is 9.88 Å². The van der Waals surface area contributed by atoms with Crippen LogP contribution in [0, 0.1) is 0 Å². The number of hydrogen-bond donors (Lipinski definition) is 1. The van der Waals surface area contributed by atoms with Crippen molar-refractivity contribution in [1.29, 1.82) is 0 Å². The first kappa shape index (κ1) is 17.7. The Bertz CT molecular complexity index is 660. The first-order valence-electron chi connectivity index (χ1n) is 8.77. The van der Waals surface area contributed by atoms with E-state index in [9.17, 15) is 9.90 Å². The van der Waals surface area contributed by atoms with Gasteiger partial charge < -0.3 is 19.5 Å². The van der Waals surface area contributed by atoms with E-state index in [0.717, 1.165) is 12.0 Å². The minimum absolute atomic E-state index is 0.00282. The number of amides is 1. The molecule has 0 atom stereocenters. The second-order valence-corrected chi connectivity index (χ2v) is 7.60. The van der Waals surface area contributed by atoms with Crippen LogP contribution in [0.4, 0.5) is 4.79 Å². The summed E-state index contributed by atoms with van der Waals surface area (Å²) in [4.78, 5) is 17.5. The van der Waals surface area contributed by atoms with E-state index in [-0.39, 0.29) is 12.1 Å². The highest BCUT2D eigenvalue weighted by Crippen LogP contribution is 2.36. The molecule has 0 unspecified atom stereocenters. The minimum atomic E-state index is -0.873. The highest BCUT2D eigenvalue weighted by molar-refractivity contribution is 5.69. The lowest BCUT2D eigenvalue weighted by Gasteiger charge is -2.47. The first-order valence-corrected chi connectivity index (χ1v) is 8.77. The summed E-state index contributed by atoms with van der Waals surface area (Å²) < 4.78 is 11.5. The van der Waals surface area contributed by atoms with Crippen molar-refractivity contribution in [3.05, 3.63) is 30.0 Å². The van der Waals surface area contributed by atoms with Crippen molar-refractivity contribution in [3.8, 4) is 5.88 Å². The monoisotopic (exact) mass is 346 g/mol. The Labute approximate surface area is 148 Å². The van der Waals surface area contributed by atoms with E-state index >= 15 is 0 Å². The molecule has 2 aliphatic rings. The van der Waals surface area contributed by atoms with E-state index in [4.69, 9.17) is 9.47 Å². The summed E-state index contributed by atoms with van der Waals surface area (Å²) in [6.07, 6.45) is 5.18. The summed E-state index contributed by atoms with van der Waals surface area (Å²) in [6.45, 7) is 7.09. The topological polar surface area (TPSA) is 71.9 Å². The van der Waals surface area contributed by atoms with Gasteiger partial charge in [-0.2, -0.15) is 0 Å². The molecule has 2 heterocycles. The Morgan fingerprint density at radius 1 is 1.40 bits per heavy atom. The van der Waals surface area contributed by atoms with Gasteiger partial charge in [-0.15, -0.1) is 0 Å². The number of rotatable bonds is 4. The van der Waals surface area contributed by atoms with Gasteiger partial charge in [-0.25, -0.2) is 9.78 Å². The molecule has 0 radical (unpaired) electrons. The lowest BCUT2D eigenvalue weighted by Crippen LogP contribution is -2.58. The maximum atomic E-state index is 11.6. The fraction of sp³-hybridized carbons (Fsp3) is 0.579. The van der Waals surface area contributed by atoms with Crippen LogP contribution in [0.1, 0.15) is 45.6 Å². The van der Waals surface area contributed by atoms with Gasteiger partial charge in [-0.05, 0) is 44.9 Å². The van der Waals surface area contributed by atoms with Crippen molar-refractivity contribution in [2.45, 2.75) is 57.7 Å². The lowest BCUT2D eigenvalue weighted by molar-refractivity contribution is -0.0150. The molecule has 0 spiro atoms. The second-order valence-electron chi connectivity index (χ2n) is 7.60. The molecule has 136 valence electrons. The Morgan fingerprint density at radius 2 is 2.16 bits per heavy atom. The number of pyridine rings is 1. The van der Waals surface area contributed by atoms with Gasteiger partial charge in [0.05, 0.1) is 13.2 Å². The summed E-state index contributed by atoms with van der Waals surface area (Å²) in [5, 5.41) is 9.49. The van der Waals surface area contributed by atoms with Crippen LogP contribution >= 0.6 is 0 Å². The molecular formula is C19H26N2O4. The van der Waals surface area contributed by atoms with Gasteiger partial charge in [-0.3, -0.25) is 0 Å². The van der Waals surface area contributed by atoms with Crippen molar-refractivity contribution >= 4 is 11.7 Å². The highest BCUT2D eigenvalue weighted by atomic mass is 16.5. The summed E-state index contributed by atoms with van der Waals surface area (Å²) >= 11 is 0. The third-order valence-electron chi connectivity index (χ3n) is 4.72. The highest BCUT2D eigenvalue weighted by Gasteiger charge is 2.42. The van der Waals surface area contributed by atoms with Crippen LogP contribution < -0.4 is 4.74 Å². The van der Waals surface area contributed by atoms with E-state index < -0.39 is 11.6 Å². The predicted octanol–water partition coefficient (Wildman–Crippen LogP) is 3.57. The molecular weight excluding hydrogens is 320 g/mol. The van der Waals surface area contributed by atoms with Crippen LogP contribution in [0.25, 0.3) is 5.57 Å². The van der Waals surface area contributed by atoms with E-state index in [2.05, 4.69) is 11.1 Å². The van der Waals surface area contributed by atoms with Crippen LogP contribution in [-0.4, -0.2) is 52.0 Å². The number of hydrogen-bond acceptors (Lipinski definition) is 4. The van der Waals surface area contributed by atoms with Crippen molar-refractivity contribution in [2.75, 3.05) is 13.2 Å². The number of carboxylic acid groups (broad SMARTS) is 1. The maximum Gasteiger partial charge on any atom is 0.407 e. The molecule has 1 N–H and O–H groups in total. The van der Waals surface area contributed by atoms with Gasteiger partial charge in [0.15, 0.2) is 0 Å². The van der Waals surface area contributed by atoms with Gasteiger partial charge in [0.1, 0.15) is 6.10 Å². The summed E-state index contributed by atoms with van der Waals surface area (Å²) in [5.41, 5.74) is 1.80. The summed E-state index contributed by atoms with van der Waals surface area (Å²) in [5.74, 6) is 0.636. The molecule has 1 aromatic heterocycles. The first-order chi connectivity index (χ1) is 11.9. The SMILES string of the molecule is CC(C)(C)N(C(=O)O)C1CC(Oc2ncccc2C2=CCOCC2)C1. The summed E-state index contributed by atoms with van der Waals surface area (Å²) in [7, 11) is 0. The zero-order chi connectivity index (χ0) is 18.0. The van der Waals surface area contributed by atoms with E-state index in [0.29, 0.717) is 31.9 Å². The molecule has 1 aromatic rings. The molecule has 0 aromatic carbocycles. The van der Waals surface area contributed by atoms with Crippen LogP contribution in [0.5, 0.6) is 5.88 Å². The van der Waals surface area contributed by atoms with Crippen molar-refractivity contribution in [3.63, 3.8) is 0 Å².